The second kappa shape index (κ2) is 16.6. The standard InChI is InChI=1S/C28H43FN2O/c1-3-5-14-21-32-27-22-30-28(31-23-27)25-19-17-24(18-20-25)15-12-10-8-6-7-9-11-13-16-26(29)4-2/h17-20,22-23,26H,3-16,21H2,1-2H3. The second-order valence-electron chi connectivity index (χ2n) is 8.87. The molecule has 1 unspecified atom stereocenters. The van der Waals surface area contributed by atoms with Crippen LogP contribution in [0.25, 0.3) is 11.4 Å². The molecule has 2 rings (SSSR count). The van der Waals surface area contributed by atoms with E-state index in [0.29, 0.717) is 6.42 Å². The van der Waals surface area contributed by atoms with Crippen LogP contribution in [0.2, 0.25) is 0 Å². The van der Waals surface area contributed by atoms with Crippen molar-refractivity contribution in [1.29, 1.82) is 0 Å². The molecule has 0 aliphatic carbocycles. The number of aryl methyl sites for hydroxylation is 1. The zero-order valence-corrected chi connectivity index (χ0v) is 20.3. The van der Waals surface area contributed by atoms with Crippen molar-refractivity contribution in [2.75, 3.05) is 6.61 Å². The smallest absolute Gasteiger partial charge is 0.159 e. The molecule has 0 fully saturated rings. The number of aromatic nitrogens is 2. The Balaban J connectivity index is 1.57. The summed E-state index contributed by atoms with van der Waals surface area (Å²) < 4.78 is 18.8. The molecule has 0 aliphatic heterocycles. The van der Waals surface area contributed by atoms with Gasteiger partial charge < -0.3 is 4.74 Å². The van der Waals surface area contributed by atoms with E-state index in [4.69, 9.17) is 4.74 Å². The number of halogens is 1. The largest absolute Gasteiger partial charge is 0.490 e. The Kier molecular flexibility index (Phi) is 13.7. The van der Waals surface area contributed by atoms with E-state index in [1.807, 2.05) is 6.92 Å². The maximum atomic E-state index is 13.2. The summed E-state index contributed by atoms with van der Waals surface area (Å²) in [6.45, 7) is 4.84. The van der Waals surface area contributed by atoms with E-state index >= 15 is 0 Å². The van der Waals surface area contributed by atoms with E-state index in [-0.39, 0.29) is 0 Å². The maximum Gasteiger partial charge on any atom is 0.159 e. The predicted octanol–water partition coefficient (Wildman–Crippen LogP) is 8.51. The van der Waals surface area contributed by atoms with Gasteiger partial charge in [-0.3, -0.25) is 0 Å². The summed E-state index contributed by atoms with van der Waals surface area (Å²) in [5.74, 6) is 1.49. The fourth-order valence-corrected chi connectivity index (χ4v) is 3.86. The number of rotatable bonds is 18. The quantitative estimate of drug-likeness (QED) is 0.217. The number of ether oxygens (including phenoxy) is 1. The SMILES string of the molecule is CCCCCOc1cnc(-c2ccc(CCCCCCCCCCC(F)CC)cc2)nc1. The molecule has 1 heterocycles. The third kappa shape index (κ3) is 11.1. The van der Waals surface area contributed by atoms with Crippen LogP contribution in [0.5, 0.6) is 5.75 Å². The molecule has 0 saturated carbocycles. The van der Waals surface area contributed by atoms with Gasteiger partial charge in [0.05, 0.1) is 25.2 Å². The number of hydrogen-bond acceptors (Lipinski definition) is 3. The summed E-state index contributed by atoms with van der Waals surface area (Å²) in [6, 6.07) is 8.63. The Labute approximate surface area is 195 Å². The van der Waals surface area contributed by atoms with Gasteiger partial charge in [0.2, 0.25) is 0 Å². The van der Waals surface area contributed by atoms with Crippen molar-refractivity contribution >= 4 is 0 Å². The Bertz CT molecular complexity index is 702. The molecular weight excluding hydrogens is 399 g/mol. The Morgan fingerprint density at radius 1 is 0.781 bits per heavy atom. The van der Waals surface area contributed by atoms with Gasteiger partial charge in [0.1, 0.15) is 0 Å². The van der Waals surface area contributed by atoms with Gasteiger partial charge in [0.25, 0.3) is 0 Å². The van der Waals surface area contributed by atoms with Crippen LogP contribution in [-0.2, 0) is 6.42 Å². The van der Waals surface area contributed by atoms with E-state index in [2.05, 4.69) is 41.2 Å². The fourth-order valence-electron chi connectivity index (χ4n) is 3.86. The lowest BCUT2D eigenvalue weighted by molar-refractivity contribution is 0.296. The fraction of sp³-hybridized carbons (Fsp3) is 0.643. The number of benzene rings is 1. The van der Waals surface area contributed by atoms with Gasteiger partial charge in [-0.25, -0.2) is 14.4 Å². The van der Waals surface area contributed by atoms with Crippen molar-refractivity contribution in [2.45, 2.75) is 110 Å². The highest BCUT2D eigenvalue weighted by Gasteiger charge is 2.04. The monoisotopic (exact) mass is 442 g/mol. The number of hydrogen-bond donors (Lipinski definition) is 0. The van der Waals surface area contributed by atoms with Gasteiger partial charge in [-0.15, -0.1) is 0 Å². The number of alkyl halides is 1. The van der Waals surface area contributed by atoms with Gasteiger partial charge in [-0.2, -0.15) is 0 Å². The Morgan fingerprint density at radius 2 is 1.41 bits per heavy atom. The topological polar surface area (TPSA) is 35.0 Å². The van der Waals surface area contributed by atoms with Gasteiger partial charge in [0.15, 0.2) is 11.6 Å². The van der Waals surface area contributed by atoms with Crippen molar-refractivity contribution < 1.29 is 9.13 Å². The average Bonchev–Trinajstić information content (AvgIpc) is 2.83. The van der Waals surface area contributed by atoms with Gasteiger partial charge in [0, 0.05) is 5.56 Å². The van der Waals surface area contributed by atoms with E-state index in [1.54, 1.807) is 12.4 Å². The number of unbranched alkanes of at least 4 members (excludes halogenated alkanes) is 9. The summed E-state index contributed by atoms with van der Waals surface area (Å²) >= 11 is 0. The van der Waals surface area contributed by atoms with Crippen molar-refractivity contribution in [3.8, 4) is 17.1 Å². The van der Waals surface area contributed by atoms with Crippen LogP contribution in [0, 0.1) is 0 Å². The van der Waals surface area contributed by atoms with Crippen molar-refractivity contribution in [3.05, 3.63) is 42.2 Å². The first-order chi connectivity index (χ1) is 15.7. The van der Waals surface area contributed by atoms with Crippen LogP contribution in [0.3, 0.4) is 0 Å². The van der Waals surface area contributed by atoms with Gasteiger partial charge in [-0.05, 0) is 37.7 Å². The van der Waals surface area contributed by atoms with E-state index < -0.39 is 6.17 Å². The van der Waals surface area contributed by atoms with E-state index in [9.17, 15) is 4.39 Å². The minimum absolute atomic E-state index is 0.586. The molecule has 1 aromatic heterocycles. The maximum absolute atomic E-state index is 13.2. The molecule has 178 valence electrons. The summed E-state index contributed by atoms with van der Waals surface area (Å²) in [4.78, 5) is 8.92. The van der Waals surface area contributed by atoms with E-state index in [1.165, 1.54) is 63.4 Å². The molecule has 0 saturated heterocycles. The third-order valence-corrected chi connectivity index (χ3v) is 6.03. The first kappa shape index (κ1) is 26.3. The molecule has 2 aromatic rings. The Hall–Kier alpha value is -1.97. The second-order valence-corrected chi connectivity index (χ2v) is 8.87. The highest BCUT2D eigenvalue weighted by atomic mass is 19.1. The van der Waals surface area contributed by atoms with Crippen molar-refractivity contribution in [2.24, 2.45) is 0 Å². The minimum atomic E-state index is -0.586. The molecule has 1 aromatic carbocycles. The summed E-state index contributed by atoms with van der Waals surface area (Å²) in [5.41, 5.74) is 2.42. The molecule has 4 heteroatoms. The van der Waals surface area contributed by atoms with Crippen LogP contribution in [-0.4, -0.2) is 22.7 Å². The lowest BCUT2D eigenvalue weighted by Gasteiger charge is -2.07. The highest BCUT2D eigenvalue weighted by molar-refractivity contribution is 5.55. The van der Waals surface area contributed by atoms with E-state index in [0.717, 1.165) is 49.4 Å². The van der Waals surface area contributed by atoms with Crippen molar-refractivity contribution in [3.63, 3.8) is 0 Å². The molecule has 0 aliphatic rings. The summed E-state index contributed by atoms with van der Waals surface area (Å²) in [6.07, 6.45) is 18.9. The third-order valence-electron chi connectivity index (χ3n) is 6.03. The Morgan fingerprint density at radius 3 is 2.03 bits per heavy atom. The molecule has 0 radical (unpaired) electrons. The molecule has 3 nitrogen and oxygen atoms in total. The molecule has 0 N–H and O–H groups in total. The lowest BCUT2D eigenvalue weighted by Crippen LogP contribution is -1.99. The van der Waals surface area contributed by atoms with Crippen LogP contribution in [0.4, 0.5) is 4.39 Å². The van der Waals surface area contributed by atoms with Gasteiger partial charge >= 0.3 is 0 Å². The zero-order valence-electron chi connectivity index (χ0n) is 20.3. The first-order valence-corrected chi connectivity index (χ1v) is 12.9. The van der Waals surface area contributed by atoms with Crippen LogP contribution >= 0.6 is 0 Å². The van der Waals surface area contributed by atoms with Crippen molar-refractivity contribution in [1.82, 2.24) is 9.97 Å². The normalized spacial score (nSPS) is 12.1. The molecule has 32 heavy (non-hydrogen) atoms. The molecule has 0 amide bonds. The lowest BCUT2D eigenvalue weighted by atomic mass is 10.0. The van der Waals surface area contributed by atoms with Crippen LogP contribution in [0.15, 0.2) is 36.7 Å². The average molecular weight is 443 g/mol. The molecular formula is C28H43FN2O. The minimum Gasteiger partial charge on any atom is -0.490 e. The molecule has 0 bridgehead atoms. The molecule has 0 spiro atoms. The zero-order chi connectivity index (χ0) is 22.9. The van der Waals surface area contributed by atoms with Crippen LogP contribution < -0.4 is 4.74 Å². The first-order valence-electron chi connectivity index (χ1n) is 12.9. The highest BCUT2D eigenvalue weighted by Crippen LogP contribution is 2.19. The number of nitrogens with zero attached hydrogens (tertiary/aromatic N) is 2. The summed E-state index contributed by atoms with van der Waals surface area (Å²) in [7, 11) is 0. The predicted molar refractivity (Wildman–Crippen MR) is 133 cm³/mol. The van der Waals surface area contributed by atoms with Crippen LogP contribution in [0.1, 0.15) is 103 Å². The molecule has 1 atom stereocenters. The van der Waals surface area contributed by atoms with Gasteiger partial charge in [-0.1, -0.05) is 95.9 Å². The summed E-state index contributed by atoms with van der Waals surface area (Å²) in [5, 5.41) is 0.